The molecule has 8 nitrogen and oxygen atoms in total. The lowest BCUT2D eigenvalue weighted by Gasteiger charge is -2.25. The quantitative estimate of drug-likeness (QED) is 0.885. The summed E-state index contributed by atoms with van der Waals surface area (Å²) in [6.07, 6.45) is 7.00. The molecular formula is C15H19N5O3. The Morgan fingerprint density at radius 1 is 1.26 bits per heavy atom. The molecule has 1 fully saturated rings. The zero-order chi connectivity index (χ0) is 16.2. The largest absolute Gasteiger partial charge is 0.481 e. The summed E-state index contributed by atoms with van der Waals surface area (Å²) in [5, 5.41) is 9.72. The van der Waals surface area contributed by atoms with Crippen LogP contribution in [0.5, 0.6) is 11.8 Å². The van der Waals surface area contributed by atoms with Crippen LogP contribution in [0.2, 0.25) is 0 Å². The molecule has 122 valence electrons. The van der Waals surface area contributed by atoms with Gasteiger partial charge in [-0.3, -0.25) is 4.68 Å². The predicted molar refractivity (Wildman–Crippen MR) is 85.1 cm³/mol. The molecule has 2 N–H and O–H groups in total. The van der Waals surface area contributed by atoms with E-state index in [2.05, 4.69) is 20.7 Å². The number of anilines is 2. The van der Waals surface area contributed by atoms with Crippen LogP contribution in [0.3, 0.4) is 0 Å². The van der Waals surface area contributed by atoms with Crippen molar-refractivity contribution in [3.8, 4) is 11.8 Å². The van der Waals surface area contributed by atoms with Crippen molar-refractivity contribution < 1.29 is 14.3 Å². The maximum absolute atomic E-state index is 12.1. The van der Waals surface area contributed by atoms with Gasteiger partial charge in [0.2, 0.25) is 11.8 Å². The topological polar surface area (TPSA) is 90.3 Å². The van der Waals surface area contributed by atoms with Crippen molar-refractivity contribution in [3.63, 3.8) is 0 Å². The lowest BCUT2D eigenvalue weighted by molar-refractivity contribution is 0.262. The van der Waals surface area contributed by atoms with Crippen molar-refractivity contribution in [2.45, 2.75) is 25.3 Å². The number of hydrogen-bond donors (Lipinski definition) is 2. The second-order valence-electron chi connectivity index (χ2n) is 5.28. The van der Waals surface area contributed by atoms with Crippen LogP contribution in [0, 0.1) is 0 Å². The van der Waals surface area contributed by atoms with Crippen LogP contribution in [0.4, 0.5) is 16.2 Å². The Hall–Kier alpha value is -2.77. The van der Waals surface area contributed by atoms with E-state index in [-0.39, 0.29) is 11.9 Å². The van der Waals surface area contributed by atoms with Gasteiger partial charge in [0.15, 0.2) is 0 Å². The highest BCUT2D eigenvalue weighted by atomic mass is 16.5. The van der Waals surface area contributed by atoms with Crippen molar-refractivity contribution in [1.29, 1.82) is 0 Å². The van der Waals surface area contributed by atoms with Gasteiger partial charge in [-0.05, 0) is 25.3 Å². The fraction of sp³-hybridized carbons (Fsp3) is 0.400. The highest BCUT2D eigenvalue weighted by Gasteiger charge is 2.20. The number of urea groups is 1. The molecule has 8 heteroatoms. The number of amides is 2. The normalized spacial score (nSPS) is 14.0. The van der Waals surface area contributed by atoms with E-state index in [1.165, 1.54) is 20.6 Å². The van der Waals surface area contributed by atoms with Crippen LogP contribution < -0.4 is 20.1 Å². The van der Waals surface area contributed by atoms with Gasteiger partial charge in [0.1, 0.15) is 5.69 Å². The van der Waals surface area contributed by atoms with Gasteiger partial charge in [0.25, 0.3) is 0 Å². The Labute approximate surface area is 133 Å². The number of rotatable bonds is 5. The van der Waals surface area contributed by atoms with Gasteiger partial charge in [-0.15, -0.1) is 0 Å². The Morgan fingerprint density at radius 3 is 2.74 bits per heavy atom. The fourth-order valence-corrected chi connectivity index (χ4v) is 2.33. The molecule has 0 unspecified atom stereocenters. The minimum Gasteiger partial charge on any atom is -0.481 e. The van der Waals surface area contributed by atoms with E-state index < -0.39 is 0 Å². The van der Waals surface area contributed by atoms with E-state index in [0.29, 0.717) is 23.3 Å². The smallest absolute Gasteiger partial charge is 0.323 e. The molecule has 1 aliphatic carbocycles. The van der Waals surface area contributed by atoms with E-state index in [0.717, 1.165) is 12.8 Å². The molecule has 0 aliphatic heterocycles. The third-order valence-corrected chi connectivity index (χ3v) is 3.79. The SMILES string of the molecule is COc1ccc(NC(=O)Nc2cnn(C3CCC3)c2)c(OC)n1. The molecular weight excluding hydrogens is 298 g/mol. The summed E-state index contributed by atoms with van der Waals surface area (Å²) >= 11 is 0. The number of pyridine rings is 1. The first-order valence-corrected chi connectivity index (χ1v) is 7.41. The summed E-state index contributed by atoms with van der Waals surface area (Å²) in [4.78, 5) is 16.2. The summed E-state index contributed by atoms with van der Waals surface area (Å²) in [6.45, 7) is 0. The van der Waals surface area contributed by atoms with Crippen molar-refractivity contribution in [2.24, 2.45) is 0 Å². The minimum atomic E-state index is -0.386. The van der Waals surface area contributed by atoms with Crippen LogP contribution >= 0.6 is 0 Å². The van der Waals surface area contributed by atoms with Gasteiger partial charge >= 0.3 is 6.03 Å². The molecule has 1 aliphatic rings. The van der Waals surface area contributed by atoms with Crippen molar-refractivity contribution in [2.75, 3.05) is 24.9 Å². The Kier molecular flexibility index (Phi) is 4.31. The van der Waals surface area contributed by atoms with Gasteiger partial charge in [0, 0.05) is 12.3 Å². The third kappa shape index (κ3) is 3.36. The molecule has 2 amide bonds. The number of carbonyl (C=O) groups excluding carboxylic acids is 1. The maximum atomic E-state index is 12.1. The molecule has 2 heterocycles. The molecule has 23 heavy (non-hydrogen) atoms. The van der Waals surface area contributed by atoms with Gasteiger partial charge in [-0.2, -0.15) is 10.1 Å². The van der Waals surface area contributed by atoms with E-state index in [1.807, 2.05) is 10.9 Å². The average molecular weight is 317 g/mol. The van der Waals surface area contributed by atoms with Gasteiger partial charge < -0.3 is 20.1 Å². The monoisotopic (exact) mass is 317 g/mol. The number of methoxy groups -OCH3 is 2. The lowest BCUT2D eigenvalue weighted by Crippen LogP contribution is -2.20. The standard InChI is InChI=1S/C15H19N5O3/c1-22-13-7-6-12(14(19-13)23-2)18-15(21)17-10-8-16-20(9-10)11-4-3-5-11/h6-9,11H,3-5H2,1-2H3,(H2,17,18,21). The van der Waals surface area contributed by atoms with E-state index >= 15 is 0 Å². The predicted octanol–water partition coefficient (Wildman–Crippen LogP) is 2.66. The highest BCUT2D eigenvalue weighted by molar-refractivity contribution is 6.00. The fourth-order valence-electron chi connectivity index (χ4n) is 2.33. The molecule has 0 bridgehead atoms. The summed E-state index contributed by atoms with van der Waals surface area (Å²) < 4.78 is 12.1. The molecule has 3 rings (SSSR count). The Balaban J connectivity index is 1.63. The number of nitrogens with one attached hydrogen (secondary N) is 2. The number of carbonyl (C=O) groups is 1. The van der Waals surface area contributed by atoms with E-state index in [9.17, 15) is 4.79 Å². The van der Waals surface area contributed by atoms with Crippen molar-refractivity contribution >= 4 is 17.4 Å². The molecule has 0 atom stereocenters. The number of nitrogens with zero attached hydrogens (tertiary/aromatic N) is 3. The van der Waals surface area contributed by atoms with E-state index in [1.54, 1.807) is 18.3 Å². The Morgan fingerprint density at radius 2 is 2.09 bits per heavy atom. The number of ether oxygens (including phenoxy) is 2. The molecule has 2 aromatic rings. The molecule has 2 aromatic heterocycles. The maximum Gasteiger partial charge on any atom is 0.323 e. The summed E-state index contributed by atoms with van der Waals surface area (Å²) in [5.41, 5.74) is 1.10. The van der Waals surface area contributed by atoms with Crippen molar-refractivity contribution in [3.05, 3.63) is 24.5 Å². The zero-order valence-electron chi connectivity index (χ0n) is 13.1. The van der Waals surface area contributed by atoms with Crippen LogP contribution in [0.15, 0.2) is 24.5 Å². The van der Waals surface area contributed by atoms with Gasteiger partial charge in [-0.25, -0.2) is 4.79 Å². The molecule has 0 aromatic carbocycles. The summed E-state index contributed by atoms with van der Waals surface area (Å²) in [5.74, 6) is 0.694. The number of hydrogen-bond acceptors (Lipinski definition) is 5. The van der Waals surface area contributed by atoms with Crippen LogP contribution in [0.25, 0.3) is 0 Å². The molecule has 0 saturated heterocycles. The number of aromatic nitrogens is 3. The highest BCUT2D eigenvalue weighted by Crippen LogP contribution is 2.31. The second-order valence-corrected chi connectivity index (χ2v) is 5.28. The molecule has 1 saturated carbocycles. The first kappa shape index (κ1) is 15.1. The van der Waals surface area contributed by atoms with E-state index in [4.69, 9.17) is 9.47 Å². The molecule has 0 radical (unpaired) electrons. The summed E-state index contributed by atoms with van der Waals surface area (Å²) in [6, 6.07) is 3.39. The minimum absolute atomic E-state index is 0.282. The van der Waals surface area contributed by atoms with Gasteiger partial charge in [-0.1, -0.05) is 0 Å². The van der Waals surface area contributed by atoms with Crippen LogP contribution in [-0.2, 0) is 0 Å². The molecule has 0 spiro atoms. The zero-order valence-corrected chi connectivity index (χ0v) is 13.1. The average Bonchev–Trinajstić information content (AvgIpc) is 2.93. The van der Waals surface area contributed by atoms with Crippen LogP contribution in [0.1, 0.15) is 25.3 Å². The first-order chi connectivity index (χ1) is 11.2. The van der Waals surface area contributed by atoms with Crippen molar-refractivity contribution in [1.82, 2.24) is 14.8 Å². The summed E-state index contributed by atoms with van der Waals surface area (Å²) in [7, 11) is 2.99. The Bertz CT molecular complexity index is 696. The second kappa shape index (κ2) is 6.55. The third-order valence-electron chi connectivity index (χ3n) is 3.79. The van der Waals surface area contributed by atoms with Crippen LogP contribution in [-0.4, -0.2) is 35.0 Å². The van der Waals surface area contributed by atoms with Gasteiger partial charge in [0.05, 0.1) is 32.1 Å². The lowest BCUT2D eigenvalue weighted by atomic mass is 9.93. The first-order valence-electron chi connectivity index (χ1n) is 7.41.